The largest absolute Gasteiger partial charge is 0.356 e. The Balaban J connectivity index is 1.32. The number of aryl methyl sites for hydroxylation is 1. The van der Waals surface area contributed by atoms with Gasteiger partial charge in [0.15, 0.2) is 0 Å². The van der Waals surface area contributed by atoms with Crippen LogP contribution in [0.5, 0.6) is 0 Å². The molecule has 23 heavy (non-hydrogen) atoms. The Labute approximate surface area is 136 Å². The third kappa shape index (κ3) is 4.09. The molecule has 1 aliphatic carbocycles. The molecule has 2 heterocycles. The van der Waals surface area contributed by atoms with Gasteiger partial charge < -0.3 is 10.2 Å². The quantitative estimate of drug-likeness (QED) is 0.787. The van der Waals surface area contributed by atoms with Crippen molar-refractivity contribution in [3.05, 3.63) is 12.4 Å². The maximum absolute atomic E-state index is 12.2. The lowest BCUT2D eigenvalue weighted by Crippen LogP contribution is -2.46. The highest BCUT2D eigenvalue weighted by molar-refractivity contribution is 5.81. The summed E-state index contributed by atoms with van der Waals surface area (Å²) in [6.45, 7) is 2.87. The number of hydrogen-bond acceptors (Lipinski definition) is 4. The van der Waals surface area contributed by atoms with E-state index < -0.39 is 0 Å². The fourth-order valence-electron chi connectivity index (χ4n) is 3.22. The van der Waals surface area contributed by atoms with Crippen LogP contribution in [0.3, 0.4) is 0 Å². The van der Waals surface area contributed by atoms with Crippen LogP contribution in [-0.2, 0) is 16.1 Å². The second kappa shape index (κ2) is 7.57. The van der Waals surface area contributed by atoms with Gasteiger partial charge in [-0.25, -0.2) is 0 Å². The van der Waals surface area contributed by atoms with Crippen molar-refractivity contribution in [2.45, 2.75) is 45.1 Å². The lowest BCUT2D eigenvalue weighted by molar-refractivity contribution is -0.141. The number of aromatic nitrogens is 3. The Morgan fingerprint density at radius 3 is 2.52 bits per heavy atom. The Hall–Kier alpha value is -1.92. The fourth-order valence-corrected chi connectivity index (χ4v) is 3.22. The van der Waals surface area contributed by atoms with E-state index in [1.54, 1.807) is 10.9 Å². The first kappa shape index (κ1) is 16.0. The molecule has 1 aromatic rings. The molecule has 2 aliphatic rings. The van der Waals surface area contributed by atoms with Gasteiger partial charge in [0.1, 0.15) is 0 Å². The van der Waals surface area contributed by atoms with Crippen LogP contribution >= 0.6 is 0 Å². The number of amides is 2. The lowest BCUT2D eigenvalue weighted by Gasteiger charge is -2.36. The molecular weight excluding hydrogens is 294 g/mol. The molecule has 1 aliphatic heterocycles. The number of likely N-dealkylation sites (tertiary alicyclic amines) is 1. The molecule has 1 aromatic heterocycles. The standard InChI is InChI=1S/C16H25N5O2/c22-15(17-7-2-9-21-12-8-18-19-21)13-5-10-20(11-6-13)16(23)14-3-1-4-14/h8,12-14H,1-7,9-11H2,(H,17,22). The second-order valence-corrected chi connectivity index (χ2v) is 6.54. The van der Waals surface area contributed by atoms with Crippen molar-refractivity contribution in [3.63, 3.8) is 0 Å². The third-order valence-corrected chi connectivity index (χ3v) is 4.97. The maximum Gasteiger partial charge on any atom is 0.225 e. The molecule has 7 heteroatoms. The van der Waals surface area contributed by atoms with Crippen LogP contribution in [0.4, 0.5) is 0 Å². The zero-order valence-corrected chi connectivity index (χ0v) is 13.5. The molecular formula is C16H25N5O2. The molecule has 126 valence electrons. The van der Waals surface area contributed by atoms with E-state index in [1.165, 1.54) is 6.42 Å². The van der Waals surface area contributed by atoms with Gasteiger partial charge in [-0.15, -0.1) is 5.10 Å². The van der Waals surface area contributed by atoms with Gasteiger partial charge in [0.2, 0.25) is 11.8 Å². The van der Waals surface area contributed by atoms with E-state index in [2.05, 4.69) is 15.6 Å². The number of carbonyl (C=O) groups excluding carboxylic acids is 2. The molecule has 0 spiro atoms. The van der Waals surface area contributed by atoms with Crippen LogP contribution < -0.4 is 5.32 Å². The zero-order valence-electron chi connectivity index (χ0n) is 13.5. The Bertz CT molecular complexity index is 519. The minimum Gasteiger partial charge on any atom is -0.356 e. The van der Waals surface area contributed by atoms with Crippen molar-refractivity contribution in [2.75, 3.05) is 19.6 Å². The summed E-state index contributed by atoms with van der Waals surface area (Å²) in [5.41, 5.74) is 0. The van der Waals surface area contributed by atoms with Gasteiger partial charge in [-0.05, 0) is 32.1 Å². The van der Waals surface area contributed by atoms with Crippen molar-refractivity contribution >= 4 is 11.8 Å². The molecule has 0 radical (unpaired) electrons. The van der Waals surface area contributed by atoms with Crippen LogP contribution in [-0.4, -0.2) is 51.3 Å². The summed E-state index contributed by atoms with van der Waals surface area (Å²) in [6, 6.07) is 0. The Morgan fingerprint density at radius 2 is 1.91 bits per heavy atom. The maximum atomic E-state index is 12.2. The normalized spacial score (nSPS) is 19.4. The van der Waals surface area contributed by atoms with Gasteiger partial charge in [0.25, 0.3) is 0 Å². The summed E-state index contributed by atoms with van der Waals surface area (Å²) >= 11 is 0. The van der Waals surface area contributed by atoms with Crippen molar-refractivity contribution in [1.82, 2.24) is 25.2 Å². The smallest absolute Gasteiger partial charge is 0.225 e. The van der Waals surface area contributed by atoms with Gasteiger partial charge in [-0.2, -0.15) is 0 Å². The lowest BCUT2D eigenvalue weighted by atomic mass is 9.83. The molecule has 2 fully saturated rings. The highest BCUT2D eigenvalue weighted by atomic mass is 16.2. The van der Waals surface area contributed by atoms with Crippen LogP contribution in [0.25, 0.3) is 0 Å². The summed E-state index contributed by atoms with van der Waals surface area (Å²) in [6.07, 6.45) is 9.16. The summed E-state index contributed by atoms with van der Waals surface area (Å²) in [7, 11) is 0. The first-order valence-corrected chi connectivity index (χ1v) is 8.64. The van der Waals surface area contributed by atoms with Crippen molar-refractivity contribution in [1.29, 1.82) is 0 Å². The Morgan fingerprint density at radius 1 is 1.13 bits per heavy atom. The monoisotopic (exact) mass is 319 g/mol. The first-order valence-electron chi connectivity index (χ1n) is 8.64. The minimum absolute atomic E-state index is 0.0480. The summed E-state index contributed by atoms with van der Waals surface area (Å²) < 4.78 is 1.76. The van der Waals surface area contributed by atoms with E-state index in [0.717, 1.165) is 51.7 Å². The summed E-state index contributed by atoms with van der Waals surface area (Å²) in [5.74, 6) is 0.742. The summed E-state index contributed by atoms with van der Waals surface area (Å²) in [5, 5.41) is 10.6. The number of rotatable bonds is 6. The molecule has 0 atom stereocenters. The fraction of sp³-hybridized carbons (Fsp3) is 0.750. The summed E-state index contributed by atoms with van der Waals surface area (Å²) in [4.78, 5) is 26.3. The predicted octanol–water partition coefficient (Wildman–Crippen LogP) is 0.823. The van der Waals surface area contributed by atoms with E-state index in [1.807, 2.05) is 11.1 Å². The molecule has 2 amide bonds. The number of carbonyl (C=O) groups is 2. The van der Waals surface area contributed by atoms with Gasteiger partial charge in [0, 0.05) is 44.2 Å². The van der Waals surface area contributed by atoms with Crippen LogP contribution in [0.1, 0.15) is 38.5 Å². The van der Waals surface area contributed by atoms with E-state index in [-0.39, 0.29) is 17.7 Å². The molecule has 3 rings (SSSR count). The van der Waals surface area contributed by atoms with E-state index >= 15 is 0 Å². The van der Waals surface area contributed by atoms with Gasteiger partial charge in [0.05, 0.1) is 6.20 Å². The SMILES string of the molecule is O=C(NCCCn1ccnn1)C1CCN(C(=O)C2CCC2)CC1. The number of hydrogen-bond donors (Lipinski definition) is 1. The van der Waals surface area contributed by atoms with Gasteiger partial charge in [-0.3, -0.25) is 14.3 Å². The van der Waals surface area contributed by atoms with E-state index in [0.29, 0.717) is 12.5 Å². The van der Waals surface area contributed by atoms with E-state index in [9.17, 15) is 9.59 Å². The highest BCUT2D eigenvalue weighted by Gasteiger charge is 2.33. The van der Waals surface area contributed by atoms with E-state index in [4.69, 9.17) is 0 Å². The third-order valence-electron chi connectivity index (χ3n) is 4.97. The van der Waals surface area contributed by atoms with Crippen molar-refractivity contribution in [2.24, 2.45) is 11.8 Å². The zero-order chi connectivity index (χ0) is 16.1. The molecule has 7 nitrogen and oxygen atoms in total. The van der Waals surface area contributed by atoms with Crippen molar-refractivity contribution < 1.29 is 9.59 Å². The highest BCUT2D eigenvalue weighted by Crippen LogP contribution is 2.30. The topological polar surface area (TPSA) is 80.1 Å². The minimum atomic E-state index is 0.0480. The number of nitrogens with zero attached hydrogens (tertiary/aromatic N) is 4. The Kier molecular flexibility index (Phi) is 5.25. The molecule has 0 unspecified atom stereocenters. The number of nitrogens with one attached hydrogen (secondary N) is 1. The molecule has 1 saturated carbocycles. The first-order chi connectivity index (χ1) is 11.2. The number of piperidine rings is 1. The average Bonchev–Trinajstić information content (AvgIpc) is 3.03. The molecule has 0 aromatic carbocycles. The second-order valence-electron chi connectivity index (χ2n) is 6.54. The predicted molar refractivity (Wildman–Crippen MR) is 84.3 cm³/mol. The van der Waals surface area contributed by atoms with Crippen molar-refractivity contribution in [3.8, 4) is 0 Å². The van der Waals surface area contributed by atoms with Gasteiger partial charge >= 0.3 is 0 Å². The molecule has 1 saturated heterocycles. The molecule has 1 N–H and O–H groups in total. The van der Waals surface area contributed by atoms with Crippen LogP contribution in [0.2, 0.25) is 0 Å². The van der Waals surface area contributed by atoms with Crippen LogP contribution in [0, 0.1) is 11.8 Å². The van der Waals surface area contributed by atoms with Gasteiger partial charge in [-0.1, -0.05) is 11.6 Å². The average molecular weight is 319 g/mol. The van der Waals surface area contributed by atoms with Crippen LogP contribution in [0.15, 0.2) is 12.4 Å². The molecule has 0 bridgehead atoms.